The van der Waals surface area contributed by atoms with Crippen LogP contribution < -0.4 is 29.6 Å². The van der Waals surface area contributed by atoms with Gasteiger partial charge < -0.3 is 28.7 Å². The van der Waals surface area contributed by atoms with Gasteiger partial charge in [0, 0.05) is 52.1 Å². The molecule has 1 N–H and O–H groups in total. The number of amides is 2. The van der Waals surface area contributed by atoms with Gasteiger partial charge in [-0.25, -0.2) is 9.78 Å². The van der Waals surface area contributed by atoms with E-state index in [0.29, 0.717) is 55.7 Å². The van der Waals surface area contributed by atoms with Crippen molar-refractivity contribution in [1.29, 1.82) is 0 Å². The van der Waals surface area contributed by atoms with Crippen molar-refractivity contribution in [2.75, 3.05) is 71.5 Å². The van der Waals surface area contributed by atoms with Crippen molar-refractivity contribution in [2.45, 2.75) is 6.54 Å². The first-order valence-corrected chi connectivity index (χ1v) is 11.5. The minimum atomic E-state index is -0.354. The summed E-state index contributed by atoms with van der Waals surface area (Å²) in [6, 6.07) is 9.41. The smallest absolute Gasteiger partial charge is 0.324 e. The van der Waals surface area contributed by atoms with Gasteiger partial charge in [-0.3, -0.25) is 14.7 Å². The standard InChI is InChI=1S/C25H31N5O6/c1-28(15-16-7-6-8-17(13-16)30-10-9-29(25(30)32)11-12-33-2)24-26-18-14-19(34-3)21(35-4)22(36-5)20(18)23(31)27-24/h6-8,13-14H,9-12,15H2,1-5H3,(H,26,27,31). The molecule has 0 atom stereocenters. The molecule has 0 aliphatic carbocycles. The molecule has 192 valence electrons. The van der Waals surface area contributed by atoms with Gasteiger partial charge in [-0.1, -0.05) is 12.1 Å². The van der Waals surface area contributed by atoms with E-state index in [-0.39, 0.29) is 22.7 Å². The van der Waals surface area contributed by atoms with E-state index in [9.17, 15) is 9.59 Å². The fraction of sp³-hybridized carbons (Fsp3) is 0.400. The molecule has 0 unspecified atom stereocenters. The van der Waals surface area contributed by atoms with E-state index in [1.807, 2.05) is 36.2 Å². The molecule has 1 aliphatic heterocycles. The summed E-state index contributed by atoms with van der Waals surface area (Å²) in [4.78, 5) is 38.7. The number of carbonyl (C=O) groups is 1. The zero-order valence-corrected chi connectivity index (χ0v) is 21.2. The highest BCUT2D eigenvalue weighted by atomic mass is 16.5. The highest BCUT2D eigenvalue weighted by molar-refractivity contribution is 5.94. The third-order valence-corrected chi connectivity index (χ3v) is 6.15. The highest BCUT2D eigenvalue weighted by Crippen LogP contribution is 2.41. The number of aromatic amines is 1. The number of benzene rings is 2. The van der Waals surface area contributed by atoms with E-state index in [2.05, 4.69) is 9.97 Å². The van der Waals surface area contributed by atoms with Gasteiger partial charge in [0.1, 0.15) is 5.39 Å². The molecular weight excluding hydrogens is 466 g/mol. The minimum absolute atomic E-state index is 0.0311. The van der Waals surface area contributed by atoms with Gasteiger partial charge in [0.15, 0.2) is 11.5 Å². The van der Waals surface area contributed by atoms with Gasteiger partial charge in [0.05, 0.1) is 33.5 Å². The summed E-state index contributed by atoms with van der Waals surface area (Å²) in [7, 11) is 7.92. The van der Waals surface area contributed by atoms with Gasteiger partial charge in [-0.2, -0.15) is 0 Å². The Morgan fingerprint density at radius 2 is 1.81 bits per heavy atom. The number of nitrogens with zero attached hydrogens (tertiary/aromatic N) is 4. The fourth-order valence-electron chi connectivity index (χ4n) is 4.34. The predicted octanol–water partition coefficient (Wildman–Crippen LogP) is 2.47. The van der Waals surface area contributed by atoms with Gasteiger partial charge in [0.25, 0.3) is 5.56 Å². The van der Waals surface area contributed by atoms with Crippen LogP contribution in [0.15, 0.2) is 35.1 Å². The van der Waals surface area contributed by atoms with Crippen molar-refractivity contribution in [3.63, 3.8) is 0 Å². The van der Waals surface area contributed by atoms with Crippen molar-refractivity contribution >= 4 is 28.6 Å². The van der Waals surface area contributed by atoms with E-state index in [4.69, 9.17) is 18.9 Å². The van der Waals surface area contributed by atoms with E-state index in [1.165, 1.54) is 21.3 Å². The maximum atomic E-state index is 13.0. The molecule has 36 heavy (non-hydrogen) atoms. The number of hydrogen-bond acceptors (Lipinski definition) is 8. The molecule has 4 rings (SSSR count). The zero-order chi connectivity index (χ0) is 25.8. The number of anilines is 2. The van der Waals surface area contributed by atoms with Crippen LogP contribution >= 0.6 is 0 Å². The van der Waals surface area contributed by atoms with Crippen LogP contribution in [0, 0.1) is 0 Å². The van der Waals surface area contributed by atoms with Crippen molar-refractivity contribution in [3.8, 4) is 17.2 Å². The number of H-pyrrole nitrogens is 1. The van der Waals surface area contributed by atoms with E-state index < -0.39 is 0 Å². The first-order valence-electron chi connectivity index (χ1n) is 11.5. The molecular formula is C25H31N5O6. The van der Waals surface area contributed by atoms with E-state index in [0.717, 1.165) is 11.3 Å². The Kier molecular flexibility index (Phi) is 7.49. The van der Waals surface area contributed by atoms with Gasteiger partial charge in [-0.15, -0.1) is 0 Å². The molecule has 1 aromatic heterocycles. The second-order valence-electron chi connectivity index (χ2n) is 8.37. The van der Waals surface area contributed by atoms with Crippen LogP contribution in [-0.4, -0.2) is 82.6 Å². The summed E-state index contributed by atoms with van der Waals surface area (Å²) < 4.78 is 21.3. The lowest BCUT2D eigenvalue weighted by atomic mass is 10.1. The lowest BCUT2D eigenvalue weighted by Gasteiger charge is -2.21. The molecule has 0 saturated carbocycles. The molecule has 11 nitrogen and oxygen atoms in total. The number of aromatic nitrogens is 2. The summed E-state index contributed by atoms with van der Waals surface area (Å²) in [5.41, 5.74) is 1.85. The average molecular weight is 498 g/mol. The molecule has 1 saturated heterocycles. The second-order valence-corrected chi connectivity index (χ2v) is 8.37. The SMILES string of the molecule is COCCN1CCN(c2cccc(CN(C)c3nc4cc(OC)c(OC)c(OC)c4c(=O)[nH]3)c2)C1=O. The topological polar surface area (TPSA) is 109 Å². The number of nitrogens with one attached hydrogen (secondary N) is 1. The molecule has 0 spiro atoms. The summed E-state index contributed by atoms with van der Waals surface area (Å²) in [6.07, 6.45) is 0. The molecule has 1 aliphatic rings. The third-order valence-electron chi connectivity index (χ3n) is 6.15. The zero-order valence-electron chi connectivity index (χ0n) is 21.2. The quantitative estimate of drug-likeness (QED) is 0.455. The number of methoxy groups -OCH3 is 4. The average Bonchev–Trinajstić information content (AvgIpc) is 3.26. The van der Waals surface area contributed by atoms with Gasteiger partial charge >= 0.3 is 6.03 Å². The van der Waals surface area contributed by atoms with Gasteiger partial charge in [-0.05, 0) is 17.7 Å². The molecule has 0 radical (unpaired) electrons. The molecule has 3 aromatic rings. The van der Waals surface area contributed by atoms with Crippen LogP contribution in [0.5, 0.6) is 17.2 Å². The summed E-state index contributed by atoms with van der Waals surface area (Å²) in [5.74, 6) is 1.39. The number of fused-ring (bicyclic) bond motifs is 1. The Morgan fingerprint density at radius 3 is 2.50 bits per heavy atom. The lowest BCUT2D eigenvalue weighted by Crippen LogP contribution is -2.33. The van der Waals surface area contributed by atoms with Gasteiger partial charge in [0.2, 0.25) is 11.7 Å². The number of urea groups is 1. The summed E-state index contributed by atoms with van der Waals surface area (Å²) in [6.45, 7) is 2.81. The molecule has 11 heteroatoms. The van der Waals surface area contributed by atoms with Crippen LogP contribution in [0.25, 0.3) is 10.9 Å². The van der Waals surface area contributed by atoms with Crippen LogP contribution in [0.2, 0.25) is 0 Å². The maximum absolute atomic E-state index is 13.0. The lowest BCUT2D eigenvalue weighted by molar-refractivity contribution is 0.162. The predicted molar refractivity (Wildman–Crippen MR) is 137 cm³/mol. The maximum Gasteiger partial charge on any atom is 0.324 e. The van der Waals surface area contributed by atoms with E-state index in [1.54, 1.807) is 23.0 Å². The first kappa shape index (κ1) is 25.1. The monoisotopic (exact) mass is 497 g/mol. The molecule has 2 heterocycles. The van der Waals surface area contributed by atoms with Crippen molar-refractivity contribution in [2.24, 2.45) is 0 Å². The Hall–Kier alpha value is -3.99. The molecule has 2 amide bonds. The minimum Gasteiger partial charge on any atom is -0.493 e. The van der Waals surface area contributed by atoms with Crippen molar-refractivity contribution in [3.05, 3.63) is 46.2 Å². The number of hydrogen-bond donors (Lipinski definition) is 1. The van der Waals surface area contributed by atoms with Crippen molar-refractivity contribution in [1.82, 2.24) is 14.9 Å². The van der Waals surface area contributed by atoms with Crippen LogP contribution in [0.3, 0.4) is 0 Å². The number of carbonyl (C=O) groups excluding carboxylic acids is 1. The van der Waals surface area contributed by atoms with Crippen LogP contribution in [0.4, 0.5) is 16.4 Å². The highest BCUT2D eigenvalue weighted by Gasteiger charge is 2.29. The summed E-state index contributed by atoms with van der Waals surface area (Å²) in [5, 5.41) is 0.278. The Morgan fingerprint density at radius 1 is 1.03 bits per heavy atom. The van der Waals surface area contributed by atoms with E-state index >= 15 is 0 Å². The van der Waals surface area contributed by atoms with Crippen LogP contribution in [-0.2, 0) is 11.3 Å². The first-order chi connectivity index (χ1) is 17.4. The largest absolute Gasteiger partial charge is 0.493 e. The Balaban J connectivity index is 1.59. The molecule has 2 aromatic carbocycles. The fourth-order valence-corrected chi connectivity index (χ4v) is 4.34. The third kappa shape index (κ3) is 4.74. The second kappa shape index (κ2) is 10.7. The van der Waals surface area contributed by atoms with Crippen LogP contribution in [0.1, 0.15) is 5.56 Å². The molecule has 0 bridgehead atoms. The number of rotatable bonds is 10. The molecule has 1 fully saturated rings. The summed E-state index contributed by atoms with van der Waals surface area (Å²) >= 11 is 0. The van der Waals surface area contributed by atoms with Crippen molar-refractivity contribution < 1.29 is 23.7 Å². The Bertz CT molecular complexity index is 1310. The number of ether oxygens (including phenoxy) is 4. The normalized spacial score (nSPS) is 13.4. The Labute approximate surface area is 209 Å².